The molecule has 1 aromatic heterocycles. The van der Waals surface area contributed by atoms with E-state index in [1.165, 1.54) is 6.33 Å². The van der Waals surface area contributed by atoms with Gasteiger partial charge in [-0.05, 0) is 12.8 Å². The SMILES string of the molecule is C#CCCCC(NN)c1cncnc1. The van der Waals surface area contributed by atoms with Gasteiger partial charge in [0.15, 0.2) is 0 Å². The molecule has 74 valence electrons. The molecule has 0 bridgehead atoms. The van der Waals surface area contributed by atoms with E-state index in [9.17, 15) is 0 Å². The summed E-state index contributed by atoms with van der Waals surface area (Å²) in [6, 6.07) is 0.0875. The van der Waals surface area contributed by atoms with Crippen molar-refractivity contribution in [3.63, 3.8) is 0 Å². The predicted octanol–water partition coefficient (Wildman–Crippen LogP) is 0.784. The Kier molecular flexibility index (Phi) is 4.62. The van der Waals surface area contributed by atoms with Crippen molar-refractivity contribution in [1.82, 2.24) is 15.4 Å². The molecule has 4 heteroatoms. The van der Waals surface area contributed by atoms with Crippen molar-refractivity contribution in [2.75, 3.05) is 0 Å². The van der Waals surface area contributed by atoms with E-state index in [0.717, 1.165) is 24.8 Å². The van der Waals surface area contributed by atoms with Crippen LogP contribution in [-0.4, -0.2) is 9.97 Å². The number of unbranched alkanes of at least 4 members (excludes halogenated alkanes) is 1. The van der Waals surface area contributed by atoms with E-state index in [1.54, 1.807) is 12.4 Å². The van der Waals surface area contributed by atoms with Crippen LogP contribution in [0.25, 0.3) is 0 Å². The van der Waals surface area contributed by atoms with Gasteiger partial charge >= 0.3 is 0 Å². The lowest BCUT2D eigenvalue weighted by atomic mass is 10.1. The second-order valence-corrected chi connectivity index (χ2v) is 2.99. The van der Waals surface area contributed by atoms with Crippen molar-refractivity contribution < 1.29 is 0 Å². The molecule has 0 radical (unpaired) electrons. The molecule has 0 spiro atoms. The summed E-state index contributed by atoms with van der Waals surface area (Å²) >= 11 is 0. The number of hydrazine groups is 1. The van der Waals surface area contributed by atoms with E-state index < -0.39 is 0 Å². The first-order valence-corrected chi connectivity index (χ1v) is 4.53. The van der Waals surface area contributed by atoms with Gasteiger partial charge in [-0.25, -0.2) is 9.97 Å². The summed E-state index contributed by atoms with van der Waals surface area (Å²) < 4.78 is 0. The maximum absolute atomic E-state index is 5.43. The first-order chi connectivity index (χ1) is 6.88. The summed E-state index contributed by atoms with van der Waals surface area (Å²) in [6.45, 7) is 0. The van der Waals surface area contributed by atoms with Crippen molar-refractivity contribution in [2.24, 2.45) is 5.84 Å². The molecule has 0 aromatic carbocycles. The Bertz CT molecular complexity index is 291. The van der Waals surface area contributed by atoms with Crippen LogP contribution in [0.3, 0.4) is 0 Å². The standard InChI is InChI=1S/C10H14N4/c1-2-3-4-5-10(14-11)9-6-12-8-13-7-9/h1,6-8,10,14H,3-5,11H2. The van der Waals surface area contributed by atoms with Gasteiger partial charge < -0.3 is 0 Å². The van der Waals surface area contributed by atoms with Gasteiger partial charge in [0, 0.05) is 30.4 Å². The number of hydrogen-bond acceptors (Lipinski definition) is 4. The van der Waals surface area contributed by atoms with Crippen LogP contribution in [0.2, 0.25) is 0 Å². The number of aromatic nitrogens is 2. The summed E-state index contributed by atoms with van der Waals surface area (Å²) in [5, 5.41) is 0. The molecule has 1 unspecified atom stereocenters. The summed E-state index contributed by atoms with van der Waals surface area (Å²) in [6.07, 6.45) is 12.8. The Morgan fingerprint density at radius 1 is 1.50 bits per heavy atom. The average Bonchev–Trinajstić information content (AvgIpc) is 2.26. The first kappa shape index (κ1) is 10.6. The summed E-state index contributed by atoms with van der Waals surface area (Å²) in [4.78, 5) is 7.87. The number of hydrogen-bond donors (Lipinski definition) is 2. The van der Waals surface area contributed by atoms with Crippen molar-refractivity contribution in [3.8, 4) is 12.3 Å². The minimum Gasteiger partial charge on any atom is -0.271 e. The molecule has 0 aliphatic carbocycles. The van der Waals surface area contributed by atoms with Crippen LogP contribution in [0.4, 0.5) is 0 Å². The fourth-order valence-corrected chi connectivity index (χ4v) is 1.25. The molecule has 0 saturated heterocycles. The fraction of sp³-hybridized carbons (Fsp3) is 0.400. The third kappa shape index (κ3) is 3.13. The predicted molar refractivity (Wildman–Crippen MR) is 54.8 cm³/mol. The van der Waals surface area contributed by atoms with Crippen molar-refractivity contribution in [1.29, 1.82) is 0 Å². The van der Waals surface area contributed by atoms with E-state index in [-0.39, 0.29) is 6.04 Å². The first-order valence-electron chi connectivity index (χ1n) is 4.53. The van der Waals surface area contributed by atoms with Crippen molar-refractivity contribution in [3.05, 3.63) is 24.3 Å². The Hall–Kier alpha value is -1.44. The van der Waals surface area contributed by atoms with Gasteiger partial charge in [0.1, 0.15) is 6.33 Å². The quantitative estimate of drug-likeness (QED) is 0.312. The molecule has 0 amide bonds. The van der Waals surface area contributed by atoms with Crippen LogP contribution in [-0.2, 0) is 0 Å². The van der Waals surface area contributed by atoms with Crippen LogP contribution in [0.1, 0.15) is 30.9 Å². The molecule has 3 N–H and O–H groups in total. The average molecular weight is 190 g/mol. The summed E-state index contributed by atoms with van der Waals surface area (Å²) in [5.41, 5.74) is 3.72. The monoisotopic (exact) mass is 190 g/mol. The lowest BCUT2D eigenvalue weighted by Gasteiger charge is -2.14. The summed E-state index contributed by atoms with van der Waals surface area (Å²) in [5.74, 6) is 8.03. The third-order valence-electron chi connectivity index (χ3n) is 2.00. The fourth-order valence-electron chi connectivity index (χ4n) is 1.25. The van der Waals surface area contributed by atoms with E-state index >= 15 is 0 Å². The molecule has 0 fully saturated rings. The van der Waals surface area contributed by atoms with Gasteiger partial charge in [0.2, 0.25) is 0 Å². The highest BCUT2D eigenvalue weighted by molar-refractivity contribution is 5.08. The minimum absolute atomic E-state index is 0.0875. The van der Waals surface area contributed by atoms with Gasteiger partial charge in [-0.1, -0.05) is 0 Å². The van der Waals surface area contributed by atoms with Gasteiger partial charge in [-0.3, -0.25) is 11.3 Å². The summed E-state index contributed by atoms with van der Waals surface area (Å²) in [7, 11) is 0. The third-order valence-corrected chi connectivity index (χ3v) is 2.00. The van der Waals surface area contributed by atoms with E-state index in [2.05, 4.69) is 21.3 Å². The number of terminal acetylenes is 1. The molecule has 0 saturated carbocycles. The van der Waals surface area contributed by atoms with E-state index in [0.29, 0.717) is 0 Å². The molecule has 14 heavy (non-hydrogen) atoms. The Morgan fingerprint density at radius 3 is 2.79 bits per heavy atom. The van der Waals surface area contributed by atoms with Crippen LogP contribution in [0.5, 0.6) is 0 Å². The molecular weight excluding hydrogens is 176 g/mol. The maximum Gasteiger partial charge on any atom is 0.115 e. The van der Waals surface area contributed by atoms with Crippen LogP contribution in [0, 0.1) is 12.3 Å². The Balaban J connectivity index is 2.51. The second kappa shape index (κ2) is 6.08. The topological polar surface area (TPSA) is 63.8 Å². The molecule has 1 aromatic rings. The van der Waals surface area contributed by atoms with Crippen LogP contribution >= 0.6 is 0 Å². The van der Waals surface area contributed by atoms with Gasteiger partial charge in [0.25, 0.3) is 0 Å². The highest BCUT2D eigenvalue weighted by Gasteiger charge is 2.08. The van der Waals surface area contributed by atoms with Gasteiger partial charge in [-0.15, -0.1) is 12.3 Å². The maximum atomic E-state index is 5.43. The number of nitrogens with one attached hydrogen (secondary N) is 1. The highest BCUT2D eigenvalue weighted by Crippen LogP contribution is 2.15. The molecule has 4 nitrogen and oxygen atoms in total. The Labute approximate surface area is 83.9 Å². The Morgan fingerprint density at radius 2 is 2.21 bits per heavy atom. The molecule has 1 atom stereocenters. The van der Waals surface area contributed by atoms with Gasteiger partial charge in [-0.2, -0.15) is 0 Å². The van der Waals surface area contributed by atoms with Crippen LogP contribution < -0.4 is 11.3 Å². The molecule has 0 aliphatic rings. The van der Waals surface area contributed by atoms with Crippen molar-refractivity contribution >= 4 is 0 Å². The lowest BCUT2D eigenvalue weighted by Crippen LogP contribution is -2.28. The van der Waals surface area contributed by atoms with Crippen molar-refractivity contribution in [2.45, 2.75) is 25.3 Å². The molecule has 1 rings (SSSR count). The smallest absolute Gasteiger partial charge is 0.115 e. The molecule has 0 aliphatic heterocycles. The number of nitrogens with zero attached hydrogens (tertiary/aromatic N) is 2. The van der Waals surface area contributed by atoms with E-state index in [4.69, 9.17) is 12.3 Å². The lowest BCUT2D eigenvalue weighted by molar-refractivity contribution is 0.499. The zero-order chi connectivity index (χ0) is 10.2. The highest BCUT2D eigenvalue weighted by atomic mass is 15.2. The normalized spacial score (nSPS) is 12.0. The zero-order valence-corrected chi connectivity index (χ0v) is 7.98. The molecular formula is C10H14N4. The largest absolute Gasteiger partial charge is 0.271 e. The van der Waals surface area contributed by atoms with Crippen LogP contribution in [0.15, 0.2) is 18.7 Å². The minimum atomic E-state index is 0.0875. The number of rotatable bonds is 5. The van der Waals surface area contributed by atoms with Gasteiger partial charge in [0.05, 0.1) is 0 Å². The zero-order valence-electron chi connectivity index (χ0n) is 7.98. The van der Waals surface area contributed by atoms with E-state index in [1.807, 2.05) is 0 Å². The molecule has 1 heterocycles. The second-order valence-electron chi connectivity index (χ2n) is 2.99. The number of nitrogens with two attached hydrogens (primary N) is 1.